The zero-order chi connectivity index (χ0) is 13.8. The van der Waals surface area contributed by atoms with Gasteiger partial charge in [0.15, 0.2) is 11.6 Å². The fourth-order valence-corrected chi connectivity index (χ4v) is 2.21. The molecule has 0 unspecified atom stereocenters. The molecular formula is C15H13BrF2O. The summed E-state index contributed by atoms with van der Waals surface area (Å²) in [7, 11) is 0. The molecule has 0 heterocycles. The first-order chi connectivity index (χ1) is 9.11. The number of aryl methyl sites for hydroxylation is 1. The molecule has 100 valence electrons. The number of hydrogen-bond donors (Lipinski definition) is 0. The van der Waals surface area contributed by atoms with Crippen molar-refractivity contribution in [2.45, 2.75) is 18.9 Å². The van der Waals surface area contributed by atoms with Crippen molar-refractivity contribution < 1.29 is 13.5 Å². The molecule has 0 bridgehead atoms. The maximum atomic E-state index is 13.5. The van der Waals surface area contributed by atoms with Crippen LogP contribution in [-0.4, -0.2) is 0 Å². The molecule has 2 rings (SSSR count). The highest BCUT2D eigenvalue weighted by atomic mass is 79.9. The van der Waals surface area contributed by atoms with Crippen LogP contribution in [0.15, 0.2) is 36.4 Å². The molecular weight excluding hydrogens is 314 g/mol. The summed E-state index contributed by atoms with van der Waals surface area (Å²) in [6, 6.07) is 9.82. The van der Waals surface area contributed by atoms with E-state index in [1.54, 1.807) is 0 Å². The second-order valence-electron chi connectivity index (χ2n) is 4.25. The van der Waals surface area contributed by atoms with Gasteiger partial charge in [0.2, 0.25) is 0 Å². The Morgan fingerprint density at radius 2 is 1.89 bits per heavy atom. The van der Waals surface area contributed by atoms with Gasteiger partial charge in [-0.3, -0.25) is 0 Å². The van der Waals surface area contributed by atoms with Gasteiger partial charge in [0.25, 0.3) is 0 Å². The third-order valence-electron chi connectivity index (χ3n) is 2.77. The van der Waals surface area contributed by atoms with Gasteiger partial charge in [0.1, 0.15) is 12.4 Å². The molecule has 0 radical (unpaired) electrons. The molecule has 2 aromatic carbocycles. The van der Waals surface area contributed by atoms with Crippen molar-refractivity contribution in [3.05, 3.63) is 64.7 Å². The average molecular weight is 327 g/mol. The summed E-state index contributed by atoms with van der Waals surface area (Å²) in [5, 5.41) is 0.648. The van der Waals surface area contributed by atoms with Crippen LogP contribution >= 0.6 is 15.9 Å². The molecule has 0 fully saturated rings. The van der Waals surface area contributed by atoms with E-state index in [2.05, 4.69) is 15.9 Å². The molecule has 19 heavy (non-hydrogen) atoms. The Morgan fingerprint density at radius 1 is 1.11 bits per heavy atom. The molecule has 2 aromatic rings. The van der Waals surface area contributed by atoms with Crippen molar-refractivity contribution in [2.24, 2.45) is 0 Å². The predicted octanol–water partition coefficient (Wildman–Crippen LogP) is 4.75. The molecule has 0 spiro atoms. The molecule has 0 aliphatic heterocycles. The molecule has 1 nitrogen and oxygen atoms in total. The van der Waals surface area contributed by atoms with E-state index >= 15 is 0 Å². The maximum Gasteiger partial charge on any atom is 0.165 e. The normalized spacial score (nSPS) is 10.5. The summed E-state index contributed by atoms with van der Waals surface area (Å²) in [6.45, 7) is 1.99. The first kappa shape index (κ1) is 14.0. The first-order valence-electron chi connectivity index (χ1n) is 5.83. The Kier molecular flexibility index (Phi) is 4.53. The van der Waals surface area contributed by atoms with Crippen molar-refractivity contribution >= 4 is 15.9 Å². The van der Waals surface area contributed by atoms with Gasteiger partial charge >= 0.3 is 0 Å². The van der Waals surface area contributed by atoms with Crippen LogP contribution in [0.4, 0.5) is 8.78 Å². The van der Waals surface area contributed by atoms with Crippen molar-refractivity contribution in [1.29, 1.82) is 0 Å². The Bertz CT molecular complexity index is 584. The molecule has 0 atom stereocenters. The lowest BCUT2D eigenvalue weighted by atomic mass is 10.1. The number of hydrogen-bond acceptors (Lipinski definition) is 1. The van der Waals surface area contributed by atoms with Gasteiger partial charge in [-0.05, 0) is 19.1 Å². The number of benzene rings is 2. The maximum absolute atomic E-state index is 13.5. The molecule has 0 aliphatic carbocycles. The molecule has 0 aromatic heterocycles. The van der Waals surface area contributed by atoms with Crippen LogP contribution in [0.1, 0.15) is 16.7 Å². The number of rotatable bonds is 4. The number of halogens is 3. The Balaban J connectivity index is 2.17. The van der Waals surface area contributed by atoms with Crippen LogP contribution in [0.5, 0.6) is 5.75 Å². The monoisotopic (exact) mass is 326 g/mol. The molecule has 0 saturated carbocycles. The lowest BCUT2D eigenvalue weighted by Gasteiger charge is -2.11. The van der Waals surface area contributed by atoms with Crippen LogP contribution in [-0.2, 0) is 11.9 Å². The Morgan fingerprint density at radius 3 is 2.63 bits per heavy atom. The fourth-order valence-electron chi connectivity index (χ4n) is 1.77. The standard InChI is InChI=1S/C15H13BrF2O/c1-10-5-6-14(12(7-10)8-16)19-9-11-3-2-4-13(17)15(11)18/h2-7H,8-9H2,1H3. The topological polar surface area (TPSA) is 9.23 Å². The Labute approximate surface area is 119 Å². The first-order valence-corrected chi connectivity index (χ1v) is 6.95. The quantitative estimate of drug-likeness (QED) is 0.737. The second kappa shape index (κ2) is 6.15. The molecule has 4 heteroatoms. The number of ether oxygens (including phenoxy) is 1. The summed E-state index contributed by atoms with van der Waals surface area (Å²) >= 11 is 3.38. The van der Waals surface area contributed by atoms with Crippen LogP contribution in [0.25, 0.3) is 0 Å². The van der Waals surface area contributed by atoms with E-state index in [0.717, 1.165) is 17.2 Å². The van der Waals surface area contributed by atoms with Gasteiger partial charge in [0.05, 0.1) is 0 Å². The van der Waals surface area contributed by atoms with Gasteiger partial charge in [-0.15, -0.1) is 0 Å². The molecule has 0 amide bonds. The predicted molar refractivity (Wildman–Crippen MR) is 74.5 cm³/mol. The highest BCUT2D eigenvalue weighted by molar-refractivity contribution is 9.08. The minimum atomic E-state index is -0.856. The van der Waals surface area contributed by atoms with E-state index in [0.29, 0.717) is 11.1 Å². The van der Waals surface area contributed by atoms with E-state index in [-0.39, 0.29) is 12.2 Å². The second-order valence-corrected chi connectivity index (χ2v) is 4.81. The summed E-state index contributed by atoms with van der Waals surface area (Å²) < 4.78 is 32.1. The Hall–Kier alpha value is -1.42. The van der Waals surface area contributed by atoms with Crippen LogP contribution in [0.3, 0.4) is 0 Å². The lowest BCUT2D eigenvalue weighted by molar-refractivity contribution is 0.295. The van der Waals surface area contributed by atoms with E-state index < -0.39 is 11.6 Å². The van der Waals surface area contributed by atoms with E-state index in [1.165, 1.54) is 12.1 Å². The van der Waals surface area contributed by atoms with Gasteiger partial charge in [0, 0.05) is 16.5 Å². The minimum Gasteiger partial charge on any atom is -0.488 e. The molecule has 0 aliphatic rings. The summed E-state index contributed by atoms with van der Waals surface area (Å²) in [6.07, 6.45) is 0. The van der Waals surface area contributed by atoms with Crippen LogP contribution in [0.2, 0.25) is 0 Å². The smallest absolute Gasteiger partial charge is 0.165 e. The summed E-state index contributed by atoms with van der Waals surface area (Å²) in [4.78, 5) is 0. The summed E-state index contributed by atoms with van der Waals surface area (Å²) in [5.74, 6) is -1.04. The van der Waals surface area contributed by atoms with Gasteiger partial charge < -0.3 is 4.74 Å². The van der Waals surface area contributed by atoms with Crippen molar-refractivity contribution in [2.75, 3.05) is 0 Å². The third kappa shape index (κ3) is 3.32. The zero-order valence-corrected chi connectivity index (χ0v) is 12.0. The van der Waals surface area contributed by atoms with Crippen LogP contribution < -0.4 is 4.74 Å². The highest BCUT2D eigenvalue weighted by Gasteiger charge is 2.09. The highest BCUT2D eigenvalue weighted by Crippen LogP contribution is 2.24. The average Bonchev–Trinajstić information content (AvgIpc) is 2.41. The van der Waals surface area contributed by atoms with Gasteiger partial charge in [-0.25, -0.2) is 8.78 Å². The van der Waals surface area contributed by atoms with Crippen molar-refractivity contribution in [3.8, 4) is 5.75 Å². The van der Waals surface area contributed by atoms with E-state index in [9.17, 15) is 8.78 Å². The number of alkyl halides is 1. The lowest BCUT2D eigenvalue weighted by Crippen LogP contribution is -2.02. The SMILES string of the molecule is Cc1ccc(OCc2cccc(F)c2F)c(CBr)c1. The van der Waals surface area contributed by atoms with Crippen LogP contribution in [0, 0.1) is 18.6 Å². The zero-order valence-electron chi connectivity index (χ0n) is 10.4. The molecule has 0 N–H and O–H groups in total. The van der Waals surface area contributed by atoms with Gasteiger partial charge in [-0.1, -0.05) is 45.8 Å². The van der Waals surface area contributed by atoms with Crippen molar-refractivity contribution in [3.63, 3.8) is 0 Å². The third-order valence-corrected chi connectivity index (χ3v) is 3.38. The fraction of sp³-hybridized carbons (Fsp3) is 0.200. The van der Waals surface area contributed by atoms with Crippen molar-refractivity contribution in [1.82, 2.24) is 0 Å². The largest absolute Gasteiger partial charge is 0.488 e. The molecule has 0 saturated heterocycles. The summed E-state index contributed by atoms with van der Waals surface area (Å²) in [5.41, 5.74) is 2.32. The van der Waals surface area contributed by atoms with E-state index in [4.69, 9.17) is 4.74 Å². The van der Waals surface area contributed by atoms with E-state index in [1.807, 2.05) is 25.1 Å². The minimum absolute atomic E-state index is 0.00660. The van der Waals surface area contributed by atoms with Gasteiger partial charge in [-0.2, -0.15) is 0 Å².